The van der Waals surface area contributed by atoms with Crippen molar-refractivity contribution in [1.29, 1.82) is 0 Å². The Morgan fingerprint density at radius 2 is 1.71 bits per heavy atom. The van der Waals surface area contributed by atoms with Crippen molar-refractivity contribution >= 4 is 40.7 Å². The fourth-order valence-electron chi connectivity index (χ4n) is 3.57. The number of aliphatic hydroxyl groups excluding tert-OH is 1. The highest BCUT2D eigenvalue weighted by Crippen LogP contribution is 2.47. The van der Waals surface area contributed by atoms with Gasteiger partial charge in [-0.15, -0.1) is 0 Å². The normalized spacial score (nSPS) is 17.8. The zero-order valence-electron chi connectivity index (χ0n) is 17.1. The molecule has 1 unspecified atom stereocenters. The first-order chi connectivity index (χ1) is 14.9. The molecule has 1 aliphatic rings. The molecule has 0 radical (unpaired) electrons. The summed E-state index contributed by atoms with van der Waals surface area (Å²) in [6.07, 6.45) is 0. The van der Waals surface area contributed by atoms with E-state index in [4.69, 9.17) is 37.4 Å². The minimum atomic E-state index is -0.826. The first kappa shape index (κ1) is 22.9. The van der Waals surface area contributed by atoms with Crippen molar-refractivity contribution in [1.82, 2.24) is 4.90 Å². The standard InChI is InChI=1S/C22H21Cl2NO6/c1-29-10-9-25-17(12-7-5-4-6-8-12)15(19(27)22(25)28)18(26)13-11-14(23)21(31-3)16(24)20(13)30-2/h4-8,11,17,26H,9-10H2,1-3H3/b18-15+. The number of Topliss-reactive ketones (excluding diaryl/α,β-unsaturated/α-hetero) is 1. The molecule has 0 aliphatic carbocycles. The Bertz CT molecular complexity index is 1040. The number of hydrogen-bond acceptors (Lipinski definition) is 6. The van der Waals surface area contributed by atoms with E-state index in [1.165, 1.54) is 32.3 Å². The molecule has 2 aromatic rings. The van der Waals surface area contributed by atoms with Crippen molar-refractivity contribution < 1.29 is 28.9 Å². The third kappa shape index (κ3) is 4.08. The van der Waals surface area contributed by atoms with Crippen LogP contribution in [-0.2, 0) is 14.3 Å². The number of ether oxygens (including phenoxy) is 3. The summed E-state index contributed by atoms with van der Waals surface area (Å²) in [5, 5.41) is 11.4. The van der Waals surface area contributed by atoms with Gasteiger partial charge in [0.15, 0.2) is 11.5 Å². The summed E-state index contributed by atoms with van der Waals surface area (Å²) < 4.78 is 15.6. The minimum Gasteiger partial charge on any atom is -0.507 e. The lowest BCUT2D eigenvalue weighted by atomic mass is 9.95. The Balaban J connectivity index is 2.27. The maximum atomic E-state index is 13.0. The molecule has 1 amide bonds. The first-order valence-corrected chi connectivity index (χ1v) is 10.1. The van der Waals surface area contributed by atoms with Gasteiger partial charge >= 0.3 is 0 Å². The smallest absolute Gasteiger partial charge is 0.295 e. The molecule has 1 fully saturated rings. The zero-order valence-corrected chi connectivity index (χ0v) is 18.7. The van der Waals surface area contributed by atoms with Gasteiger partial charge in [-0.3, -0.25) is 9.59 Å². The van der Waals surface area contributed by atoms with E-state index in [1.54, 1.807) is 24.3 Å². The van der Waals surface area contributed by atoms with Gasteiger partial charge in [0, 0.05) is 13.7 Å². The highest BCUT2D eigenvalue weighted by atomic mass is 35.5. The molecular formula is C22H21Cl2NO6. The van der Waals surface area contributed by atoms with Gasteiger partial charge in [0.05, 0.1) is 43.0 Å². The molecule has 9 heteroatoms. The lowest BCUT2D eigenvalue weighted by Gasteiger charge is -2.25. The zero-order chi connectivity index (χ0) is 22.7. The van der Waals surface area contributed by atoms with E-state index in [1.807, 2.05) is 6.07 Å². The van der Waals surface area contributed by atoms with Crippen LogP contribution in [0, 0.1) is 0 Å². The quantitative estimate of drug-likeness (QED) is 0.376. The molecule has 1 aliphatic heterocycles. The number of likely N-dealkylation sites (tertiary alicyclic amines) is 1. The van der Waals surface area contributed by atoms with Crippen LogP contribution in [0.5, 0.6) is 11.5 Å². The first-order valence-electron chi connectivity index (χ1n) is 9.29. The number of carbonyl (C=O) groups is 2. The molecule has 0 saturated carbocycles. The second-order valence-corrected chi connectivity index (χ2v) is 7.47. The third-order valence-corrected chi connectivity index (χ3v) is 5.61. The summed E-state index contributed by atoms with van der Waals surface area (Å²) in [4.78, 5) is 27.2. The highest BCUT2D eigenvalue weighted by molar-refractivity contribution is 6.47. The summed E-state index contributed by atoms with van der Waals surface area (Å²) >= 11 is 12.6. The van der Waals surface area contributed by atoms with Crippen molar-refractivity contribution in [3.8, 4) is 11.5 Å². The average Bonchev–Trinajstić information content (AvgIpc) is 3.02. The topological polar surface area (TPSA) is 85.3 Å². The van der Waals surface area contributed by atoms with E-state index in [9.17, 15) is 14.7 Å². The molecule has 0 spiro atoms. The number of amides is 1. The molecule has 164 valence electrons. The summed E-state index contributed by atoms with van der Waals surface area (Å²) in [5.41, 5.74) is 0.635. The Hall–Kier alpha value is -2.74. The number of methoxy groups -OCH3 is 3. The van der Waals surface area contributed by atoms with Crippen molar-refractivity contribution in [2.75, 3.05) is 34.5 Å². The number of hydrogen-bond donors (Lipinski definition) is 1. The molecular weight excluding hydrogens is 445 g/mol. The maximum absolute atomic E-state index is 13.0. The Labute approximate surface area is 189 Å². The van der Waals surface area contributed by atoms with Crippen LogP contribution in [0.25, 0.3) is 5.76 Å². The predicted molar refractivity (Wildman–Crippen MR) is 117 cm³/mol. The minimum absolute atomic E-state index is 0.0314. The third-order valence-electron chi connectivity index (χ3n) is 4.99. The van der Waals surface area contributed by atoms with Crippen LogP contribution in [0.1, 0.15) is 17.2 Å². The van der Waals surface area contributed by atoms with E-state index in [0.717, 1.165) is 0 Å². The fourth-order valence-corrected chi connectivity index (χ4v) is 4.26. The SMILES string of the molecule is COCCN1C(=O)C(=O)/C(=C(/O)c2cc(Cl)c(OC)c(Cl)c2OC)C1c1ccccc1. The largest absolute Gasteiger partial charge is 0.507 e. The lowest BCUT2D eigenvalue weighted by molar-refractivity contribution is -0.140. The van der Waals surface area contributed by atoms with Gasteiger partial charge < -0.3 is 24.2 Å². The number of nitrogens with zero attached hydrogens (tertiary/aromatic N) is 1. The van der Waals surface area contributed by atoms with E-state index < -0.39 is 23.5 Å². The average molecular weight is 466 g/mol. The molecule has 7 nitrogen and oxygen atoms in total. The van der Waals surface area contributed by atoms with Gasteiger partial charge in [0.2, 0.25) is 0 Å². The van der Waals surface area contributed by atoms with Crippen molar-refractivity contribution in [3.63, 3.8) is 0 Å². The van der Waals surface area contributed by atoms with Crippen LogP contribution < -0.4 is 9.47 Å². The lowest BCUT2D eigenvalue weighted by Crippen LogP contribution is -2.32. The van der Waals surface area contributed by atoms with Gasteiger partial charge in [0.25, 0.3) is 11.7 Å². The second kappa shape index (κ2) is 9.60. The van der Waals surface area contributed by atoms with Gasteiger partial charge in [-0.25, -0.2) is 0 Å². The van der Waals surface area contributed by atoms with Crippen LogP contribution in [0.15, 0.2) is 42.0 Å². The fraction of sp³-hybridized carbons (Fsp3) is 0.273. The molecule has 1 N–H and O–H groups in total. The van der Waals surface area contributed by atoms with Crippen molar-refractivity contribution in [2.45, 2.75) is 6.04 Å². The van der Waals surface area contributed by atoms with Gasteiger partial charge in [-0.05, 0) is 11.6 Å². The van der Waals surface area contributed by atoms with Gasteiger partial charge in [-0.1, -0.05) is 53.5 Å². The molecule has 1 saturated heterocycles. The molecule has 1 heterocycles. The maximum Gasteiger partial charge on any atom is 0.295 e. The summed E-state index contributed by atoms with van der Waals surface area (Å²) in [7, 11) is 4.25. The van der Waals surface area contributed by atoms with Crippen molar-refractivity contribution in [3.05, 3.63) is 63.1 Å². The summed E-state index contributed by atoms with van der Waals surface area (Å²) in [5.74, 6) is -1.78. The molecule has 0 bridgehead atoms. The Kier molecular flexibility index (Phi) is 7.10. The summed E-state index contributed by atoms with van der Waals surface area (Å²) in [6.45, 7) is 0.387. The molecule has 0 aromatic heterocycles. The molecule has 2 aromatic carbocycles. The van der Waals surface area contributed by atoms with Crippen LogP contribution in [0.4, 0.5) is 0 Å². The van der Waals surface area contributed by atoms with Crippen LogP contribution in [-0.4, -0.2) is 56.2 Å². The van der Waals surface area contributed by atoms with Crippen molar-refractivity contribution in [2.24, 2.45) is 0 Å². The Morgan fingerprint density at radius 1 is 1.06 bits per heavy atom. The van der Waals surface area contributed by atoms with Crippen LogP contribution in [0.2, 0.25) is 10.0 Å². The van der Waals surface area contributed by atoms with E-state index >= 15 is 0 Å². The van der Waals surface area contributed by atoms with Gasteiger partial charge in [0.1, 0.15) is 10.8 Å². The van der Waals surface area contributed by atoms with Crippen LogP contribution >= 0.6 is 23.2 Å². The number of halogens is 2. The number of aliphatic hydroxyl groups is 1. The van der Waals surface area contributed by atoms with Gasteiger partial charge in [-0.2, -0.15) is 0 Å². The number of carbonyl (C=O) groups excluding carboxylic acids is 2. The predicted octanol–water partition coefficient (Wildman–Crippen LogP) is 4.08. The summed E-state index contributed by atoms with van der Waals surface area (Å²) in [6, 6.07) is 9.49. The number of ketones is 1. The van der Waals surface area contributed by atoms with Crippen LogP contribution in [0.3, 0.4) is 0 Å². The second-order valence-electron chi connectivity index (χ2n) is 6.68. The number of rotatable bonds is 7. The van der Waals surface area contributed by atoms with E-state index in [-0.39, 0.29) is 45.8 Å². The highest BCUT2D eigenvalue weighted by Gasteiger charge is 2.46. The molecule has 1 atom stereocenters. The molecule has 31 heavy (non-hydrogen) atoms. The monoisotopic (exact) mass is 465 g/mol. The molecule has 3 rings (SSSR count). The van der Waals surface area contributed by atoms with E-state index in [2.05, 4.69) is 0 Å². The Morgan fingerprint density at radius 3 is 2.29 bits per heavy atom. The number of benzene rings is 2. The van der Waals surface area contributed by atoms with E-state index in [0.29, 0.717) is 5.56 Å².